The van der Waals surface area contributed by atoms with E-state index in [-0.39, 0.29) is 0 Å². The molecule has 1 rings (SSSR count). The highest BCUT2D eigenvalue weighted by Gasteiger charge is 2.02. The number of nitrogens with one attached hydrogen (secondary N) is 1. The fraction of sp³-hybridized carbons (Fsp3) is 0.786. The normalized spacial score (nSPS) is 11.4. The topological polar surface area (TPSA) is 48.3 Å². The molecular weight excluding hydrogens is 242 g/mol. The molecule has 0 aromatic carbocycles. The van der Waals surface area contributed by atoms with Gasteiger partial charge in [-0.05, 0) is 24.9 Å². The highest BCUT2D eigenvalue weighted by Crippen LogP contribution is 2.01. The standard InChI is InChI=1S/C14H27N3O2/c1-13(2)11-15-12-14-5-6-16-17(14)7-4-8-19-10-9-18-3/h5-6,13,15H,4,7-12H2,1-3H3. The Bertz CT molecular complexity index is 326. The molecule has 0 saturated heterocycles. The van der Waals surface area contributed by atoms with Crippen molar-refractivity contribution < 1.29 is 9.47 Å². The van der Waals surface area contributed by atoms with E-state index in [1.54, 1.807) is 7.11 Å². The summed E-state index contributed by atoms with van der Waals surface area (Å²) in [7, 11) is 1.68. The van der Waals surface area contributed by atoms with Crippen LogP contribution in [0.5, 0.6) is 0 Å². The van der Waals surface area contributed by atoms with Crippen LogP contribution < -0.4 is 5.32 Å². The van der Waals surface area contributed by atoms with E-state index >= 15 is 0 Å². The molecule has 5 heteroatoms. The van der Waals surface area contributed by atoms with E-state index in [2.05, 4.69) is 30.3 Å². The van der Waals surface area contributed by atoms with Crippen LogP contribution in [0.1, 0.15) is 26.0 Å². The maximum Gasteiger partial charge on any atom is 0.0700 e. The Hall–Kier alpha value is -0.910. The number of hydrogen-bond donors (Lipinski definition) is 1. The molecule has 0 atom stereocenters. The predicted molar refractivity (Wildman–Crippen MR) is 76.1 cm³/mol. The van der Waals surface area contributed by atoms with Crippen molar-refractivity contribution in [1.29, 1.82) is 0 Å². The molecule has 0 radical (unpaired) electrons. The second-order valence-electron chi connectivity index (χ2n) is 5.03. The molecule has 0 aliphatic rings. The molecule has 0 fully saturated rings. The Kier molecular flexibility index (Phi) is 8.45. The van der Waals surface area contributed by atoms with Crippen molar-refractivity contribution in [3.8, 4) is 0 Å². The molecule has 1 aromatic heterocycles. The Morgan fingerprint density at radius 1 is 1.32 bits per heavy atom. The third-order valence-corrected chi connectivity index (χ3v) is 2.75. The first-order valence-electron chi connectivity index (χ1n) is 7.02. The number of hydrogen-bond acceptors (Lipinski definition) is 4. The summed E-state index contributed by atoms with van der Waals surface area (Å²) >= 11 is 0. The number of nitrogens with zero attached hydrogens (tertiary/aromatic N) is 2. The summed E-state index contributed by atoms with van der Waals surface area (Å²) in [5, 5.41) is 7.78. The van der Waals surface area contributed by atoms with Crippen molar-refractivity contribution in [2.24, 2.45) is 5.92 Å². The fourth-order valence-corrected chi connectivity index (χ4v) is 1.76. The van der Waals surface area contributed by atoms with Gasteiger partial charge in [-0.2, -0.15) is 5.10 Å². The van der Waals surface area contributed by atoms with E-state index in [0.717, 1.165) is 32.7 Å². The van der Waals surface area contributed by atoms with Crippen LogP contribution in [0.4, 0.5) is 0 Å². The summed E-state index contributed by atoms with van der Waals surface area (Å²) in [6, 6.07) is 2.07. The van der Waals surface area contributed by atoms with Crippen LogP contribution in [0.3, 0.4) is 0 Å². The van der Waals surface area contributed by atoms with E-state index in [1.807, 2.05) is 10.9 Å². The lowest BCUT2D eigenvalue weighted by atomic mass is 10.2. The van der Waals surface area contributed by atoms with Crippen LogP contribution in [0.2, 0.25) is 0 Å². The molecule has 0 aliphatic heterocycles. The van der Waals surface area contributed by atoms with E-state index in [0.29, 0.717) is 19.1 Å². The lowest BCUT2D eigenvalue weighted by molar-refractivity contribution is 0.0676. The van der Waals surface area contributed by atoms with Gasteiger partial charge in [-0.25, -0.2) is 0 Å². The van der Waals surface area contributed by atoms with Gasteiger partial charge in [0.05, 0.1) is 18.9 Å². The molecule has 110 valence electrons. The average Bonchev–Trinajstić information content (AvgIpc) is 2.81. The molecule has 0 spiro atoms. The number of methoxy groups -OCH3 is 1. The molecule has 0 unspecified atom stereocenters. The molecule has 1 N–H and O–H groups in total. The fourth-order valence-electron chi connectivity index (χ4n) is 1.76. The van der Waals surface area contributed by atoms with Gasteiger partial charge in [-0.1, -0.05) is 13.8 Å². The number of rotatable bonds is 11. The summed E-state index contributed by atoms with van der Waals surface area (Å²) in [5.41, 5.74) is 1.23. The van der Waals surface area contributed by atoms with Gasteiger partial charge in [0.15, 0.2) is 0 Å². The highest BCUT2D eigenvalue weighted by molar-refractivity contribution is 4.99. The minimum Gasteiger partial charge on any atom is -0.382 e. The monoisotopic (exact) mass is 269 g/mol. The van der Waals surface area contributed by atoms with E-state index in [4.69, 9.17) is 9.47 Å². The lowest BCUT2D eigenvalue weighted by Gasteiger charge is -2.10. The van der Waals surface area contributed by atoms with Gasteiger partial charge in [-0.3, -0.25) is 4.68 Å². The summed E-state index contributed by atoms with van der Waals surface area (Å²) in [5.74, 6) is 0.672. The first kappa shape index (κ1) is 16.1. The minimum absolute atomic E-state index is 0.659. The molecular formula is C14H27N3O2. The largest absolute Gasteiger partial charge is 0.382 e. The second-order valence-corrected chi connectivity index (χ2v) is 5.03. The summed E-state index contributed by atoms with van der Waals surface area (Å²) in [4.78, 5) is 0. The summed E-state index contributed by atoms with van der Waals surface area (Å²) < 4.78 is 12.4. The van der Waals surface area contributed by atoms with Crippen LogP contribution in [0.15, 0.2) is 12.3 Å². The van der Waals surface area contributed by atoms with Crippen molar-refractivity contribution in [2.75, 3.05) is 33.5 Å². The quantitative estimate of drug-likeness (QED) is 0.621. The van der Waals surface area contributed by atoms with Crippen molar-refractivity contribution in [2.45, 2.75) is 33.4 Å². The minimum atomic E-state index is 0.659. The molecule has 1 aromatic rings. The van der Waals surface area contributed by atoms with Crippen LogP contribution in [0.25, 0.3) is 0 Å². The van der Waals surface area contributed by atoms with Gasteiger partial charge < -0.3 is 14.8 Å². The first-order chi connectivity index (χ1) is 9.24. The summed E-state index contributed by atoms with van der Waals surface area (Å²) in [6.45, 7) is 9.31. The average molecular weight is 269 g/mol. The molecule has 0 amide bonds. The van der Waals surface area contributed by atoms with Gasteiger partial charge >= 0.3 is 0 Å². The summed E-state index contributed by atoms with van der Waals surface area (Å²) in [6.07, 6.45) is 2.83. The second kappa shape index (κ2) is 9.95. The zero-order chi connectivity index (χ0) is 13.9. The Morgan fingerprint density at radius 3 is 2.89 bits per heavy atom. The van der Waals surface area contributed by atoms with E-state index in [1.165, 1.54) is 5.69 Å². The third-order valence-electron chi connectivity index (χ3n) is 2.75. The van der Waals surface area contributed by atoms with Crippen LogP contribution in [-0.2, 0) is 22.6 Å². The van der Waals surface area contributed by atoms with E-state index in [9.17, 15) is 0 Å². The van der Waals surface area contributed by atoms with Gasteiger partial charge in [0.1, 0.15) is 0 Å². The van der Waals surface area contributed by atoms with Gasteiger partial charge in [0.25, 0.3) is 0 Å². The molecule has 5 nitrogen and oxygen atoms in total. The maximum absolute atomic E-state index is 5.44. The number of aromatic nitrogens is 2. The van der Waals surface area contributed by atoms with E-state index < -0.39 is 0 Å². The van der Waals surface area contributed by atoms with Gasteiger partial charge in [-0.15, -0.1) is 0 Å². The lowest BCUT2D eigenvalue weighted by Crippen LogP contribution is -2.21. The number of aryl methyl sites for hydroxylation is 1. The van der Waals surface area contributed by atoms with Crippen molar-refractivity contribution in [3.63, 3.8) is 0 Å². The van der Waals surface area contributed by atoms with Gasteiger partial charge in [0, 0.05) is 33.0 Å². The molecule has 1 heterocycles. The van der Waals surface area contributed by atoms with Gasteiger partial charge in [0.2, 0.25) is 0 Å². The Balaban J connectivity index is 2.17. The SMILES string of the molecule is COCCOCCCn1nccc1CNCC(C)C. The Morgan fingerprint density at radius 2 is 2.16 bits per heavy atom. The Labute approximate surface area is 116 Å². The smallest absolute Gasteiger partial charge is 0.0700 e. The molecule has 0 bridgehead atoms. The van der Waals surface area contributed by atoms with Crippen LogP contribution in [-0.4, -0.2) is 43.3 Å². The van der Waals surface area contributed by atoms with Crippen molar-refractivity contribution in [1.82, 2.24) is 15.1 Å². The molecule has 0 saturated carbocycles. The zero-order valence-corrected chi connectivity index (χ0v) is 12.4. The van der Waals surface area contributed by atoms with Crippen LogP contribution in [0, 0.1) is 5.92 Å². The molecule has 19 heavy (non-hydrogen) atoms. The number of ether oxygens (including phenoxy) is 2. The van der Waals surface area contributed by atoms with Crippen LogP contribution >= 0.6 is 0 Å². The maximum atomic E-state index is 5.44. The first-order valence-corrected chi connectivity index (χ1v) is 7.02. The highest BCUT2D eigenvalue weighted by atomic mass is 16.5. The molecule has 0 aliphatic carbocycles. The van der Waals surface area contributed by atoms with Crippen molar-refractivity contribution >= 4 is 0 Å². The predicted octanol–water partition coefficient (Wildman–Crippen LogP) is 1.68. The zero-order valence-electron chi connectivity index (χ0n) is 12.4. The van der Waals surface area contributed by atoms with Crippen molar-refractivity contribution in [3.05, 3.63) is 18.0 Å². The third kappa shape index (κ3) is 7.30.